The SMILES string of the molecule is CCC(C)(NC(=O)c1ccc(C)c(Cl)c1)C(N)=S. The van der Waals surface area contributed by atoms with E-state index in [2.05, 4.69) is 5.32 Å². The van der Waals surface area contributed by atoms with Crippen molar-refractivity contribution < 1.29 is 4.79 Å². The first kappa shape index (κ1) is 14.9. The number of hydrogen-bond donors (Lipinski definition) is 2. The van der Waals surface area contributed by atoms with Crippen molar-refractivity contribution in [3.8, 4) is 0 Å². The first-order chi connectivity index (χ1) is 8.30. The van der Waals surface area contributed by atoms with Crippen LogP contribution in [0.15, 0.2) is 18.2 Å². The Hall–Kier alpha value is -1.13. The van der Waals surface area contributed by atoms with E-state index in [0.717, 1.165) is 5.56 Å². The van der Waals surface area contributed by atoms with Crippen molar-refractivity contribution in [1.82, 2.24) is 5.32 Å². The van der Waals surface area contributed by atoms with Gasteiger partial charge in [0.05, 0.1) is 10.5 Å². The monoisotopic (exact) mass is 284 g/mol. The van der Waals surface area contributed by atoms with Crippen LogP contribution in [0.2, 0.25) is 5.02 Å². The van der Waals surface area contributed by atoms with E-state index in [1.165, 1.54) is 0 Å². The number of thiocarbonyl (C=S) groups is 1. The lowest BCUT2D eigenvalue weighted by atomic mass is 9.98. The molecular formula is C13H17ClN2OS. The molecule has 0 radical (unpaired) electrons. The van der Waals surface area contributed by atoms with Crippen LogP contribution in [0.25, 0.3) is 0 Å². The highest BCUT2D eigenvalue weighted by atomic mass is 35.5. The molecule has 1 amide bonds. The average molecular weight is 285 g/mol. The summed E-state index contributed by atoms with van der Waals surface area (Å²) in [4.78, 5) is 12.4. The Balaban J connectivity index is 2.95. The molecule has 1 aromatic carbocycles. The number of nitrogens with two attached hydrogens (primary N) is 1. The number of carbonyl (C=O) groups is 1. The topological polar surface area (TPSA) is 55.1 Å². The van der Waals surface area contributed by atoms with E-state index in [-0.39, 0.29) is 10.9 Å². The summed E-state index contributed by atoms with van der Waals surface area (Å²) in [7, 11) is 0. The molecule has 0 saturated heterocycles. The van der Waals surface area contributed by atoms with Gasteiger partial charge in [-0.3, -0.25) is 4.79 Å². The molecule has 5 heteroatoms. The maximum atomic E-state index is 12.1. The fourth-order valence-electron chi connectivity index (χ4n) is 1.38. The lowest BCUT2D eigenvalue weighted by Gasteiger charge is -2.28. The van der Waals surface area contributed by atoms with Gasteiger partial charge < -0.3 is 11.1 Å². The number of nitrogens with one attached hydrogen (secondary N) is 1. The van der Waals surface area contributed by atoms with Crippen LogP contribution in [0.3, 0.4) is 0 Å². The summed E-state index contributed by atoms with van der Waals surface area (Å²) in [5.41, 5.74) is 6.41. The molecule has 3 N–H and O–H groups in total. The van der Waals surface area contributed by atoms with Crippen LogP contribution in [0.5, 0.6) is 0 Å². The molecule has 1 rings (SSSR count). The first-order valence-electron chi connectivity index (χ1n) is 5.68. The quantitative estimate of drug-likeness (QED) is 0.836. The van der Waals surface area contributed by atoms with E-state index in [1.54, 1.807) is 18.2 Å². The number of amides is 1. The van der Waals surface area contributed by atoms with Crippen molar-refractivity contribution in [3.05, 3.63) is 34.3 Å². The molecule has 0 bridgehead atoms. The van der Waals surface area contributed by atoms with Gasteiger partial charge in [-0.1, -0.05) is 36.8 Å². The number of halogens is 1. The Morgan fingerprint density at radius 3 is 2.61 bits per heavy atom. The van der Waals surface area contributed by atoms with Crippen LogP contribution in [0.4, 0.5) is 0 Å². The zero-order chi connectivity index (χ0) is 13.9. The summed E-state index contributed by atoms with van der Waals surface area (Å²) in [6, 6.07) is 5.18. The molecule has 0 aromatic heterocycles. The van der Waals surface area contributed by atoms with Gasteiger partial charge in [-0.05, 0) is 38.0 Å². The van der Waals surface area contributed by atoms with Gasteiger partial charge in [0.2, 0.25) is 0 Å². The number of rotatable bonds is 4. The minimum absolute atomic E-state index is 0.228. The van der Waals surface area contributed by atoms with Crippen molar-refractivity contribution in [1.29, 1.82) is 0 Å². The fraction of sp³-hybridized carbons (Fsp3) is 0.385. The number of aryl methyl sites for hydroxylation is 1. The number of hydrogen-bond acceptors (Lipinski definition) is 2. The molecule has 1 atom stereocenters. The van der Waals surface area contributed by atoms with E-state index in [4.69, 9.17) is 29.6 Å². The lowest BCUT2D eigenvalue weighted by molar-refractivity contribution is 0.0926. The van der Waals surface area contributed by atoms with E-state index in [9.17, 15) is 4.79 Å². The van der Waals surface area contributed by atoms with Gasteiger partial charge in [0.1, 0.15) is 0 Å². The number of carbonyl (C=O) groups excluding carboxylic acids is 1. The summed E-state index contributed by atoms with van der Waals surface area (Å²) in [5, 5.41) is 3.41. The minimum atomic E-state index is -0.677. The predicted octanol–water partition coefficient (Wildman–Crippen LogP) is 2.83. The second-order valence-corrected chi connectivity index (χ2v) is 5.32. The van der Waals surface area contributed by atoms with Crippen molar-refractivity contribution >= 4 is 34.7 Å². The molecule has 0 fully saturated rings. The van der Waals surface area contributed by atoms with E-state index >= 15 is 0 Å². The van der Waals surface area contributed by atoms with Gasteiger partial charge >= 0.3 is 0 Å². The maximum absolute atomic E-state index is 12.1. The van der Waals surface area contributed by atoms with Crippen LogP contribution < -0.4 is 11.1 Å². The fourth-order valence-corrected chi connectivity index (χ4v) is 1.76. The van der Waals surface area contributed by atoms with Gasteiger partial charge in [-0.15, -0.1) is 0 Å². The van der Waals surface area contributed by atoms with Crippen LogP contribution in [-0.2, 0) is 0 Å². The van der Waals surface area contributed by atoms with Gasteiger partial charge in [0.25, 0.3) is 5.91 Å². The minimum Gasteiger partial charge on any atom is -0.391 e. The molecule has 0 saturated carbocycles. The van der Waals surface area contributed by atoms with Crippen molar-refractivity contribution in [2.75, 3.05) is 0 Å². The summed E-state index contributed by atoms with van der Waals surface area (Å²) in [6.45, 7) is 5.61. The van der Waals surface area contributed by atoms with Crippen LogP contribution in [0.1, 0.15) is 36.2 Å². The highest BCUT2D eigenvalue weighted by Crippen LogP contribution is 2.18. The molecule has 0 aliphatic rings. The average Bonchev–Trinajstić information content (AvgIpc) is 2.32. The van der Waals surface area contributed by atoms with Crippen molar-refractivity contribution in [2.45, 2.75) is 32.7 Å². The largest absolute Gasteiger partial charge is 0.391 e. The third-order valence-corrected chi connectivity index (χ3v) is 3.93. The van der Waals surface area contributed by atoms with Crippen LogP contribution in [0, 0.1) is 6.92 Å². The predicted molar refractivity (Wildman–Crippen MR) is 79.1 cm³/mol. The van der Waals surface area contributed by atoms with Crippen LogP contribution >= 0.6 is 23.8 Å². The molecule has 0 spiro atoms. The second-order valence-electron chi connectivity index (χ2n) is 4.47. The summed E-state index contributed by atoms with van der Waals surface area (Å²) < 4.78 is 0. The summed E-state index contributed by atoms with van der Waals surface area (Å²) >= 11 is 11.0. The lowest BCUT2D eigenvalue weighted by Crippen LogP contribution is -2.54. The Labute approximate surface area is 118 Å². The summed E-state index contributed by atoms with van der Waals surface area (Å²) in [6.07, 6.45) is 0.633. The standard InChI is InChI=1S/C13H17ClN2OS/c1-4-13(3,12(15)18)16-11(17)9-6-5-8(2)10(14)7-9/h5-7H,4H2,1-3H3,(H2,15,18)(H,16,17). The Morgan fingerprint density at radius 2 is 2.17 bits per heavy atom. The van der Waals surface area contributed by atoms with Gasteiger partial charge in [-0.2, -0.15) is 0 Å². The molecule has 3 nitrogen and oxygen atoms in total. The van der Waals surface area contributed by atoms with E-state index in [1.807, 2.05) is 20.8 Å². The van der Waals surface area contributed by atoms with E-state index < -0.39 is 5.54 Å². The Bertz CT molecular complexity index is 490. The maximum Gasteiger partial charge on any atom is 0.252 e. The first-order valence-corrected chi connectivity index (χ1v) is 6.47. The molecule has 0 aliphatic carbocycles. The van der Waals surface area contributed by atoms with Gasteiger partial charge in [0.15, 0.2) is 0 Å². The molecule has 1 aromatic rings. The zero-order valence-electron chi connectivity index (χ0n) is 10.7. The molecule has 0 heterocycles. The zero-order valence-corrected chi connectivity index (χ0v) is 12.3. The smallest absolute Gasteiger partial charge is 0.252 e. The normalized spacial score (nSPS) is 13.8. The van der Waals surface area contributed by atoms with E-state index in [0.29, 0.717) is 17.0 Å². The van der Waals surface area contributed by atoms with Crippen molar-refractivity contribution in [2.24, 2.45) is 5.73 Å². The summed E-state index contributed by atoms with van der Waals surface area (Å²) in [5.74, 6) is -0.228. The Morgan fingerprint density at radius 1 is 1.56 bits per heavy atom. The van der Waals surface area contributed by atoms with Gasteiger partial charge in [-0.25, -0.2) is 0 Å². The number of benzene rings is 1. The highest BCUT2D eigenvalue weighted by molar-refractivity contribution is 7.80. The highest BCUT2D eigenvalue weighted by Gasteiger charge is 2.28. The molecule has 0 aliphatic heterocycles. The van der Waals surface area contributed by atoms with Crippen LogP contribution in [-0.4, -0.2) is 16.4 Å². The molecule has 1 unspecified atom stereocenters. The van der Waals surface area contributed by atoms with Gasteiger partial charge in [0, 0.05) is 10.6 Å². The molecular weight excluding hydrogens is 268 g/mol. The Kier molecular flexibility index (Phi) is 4.71. The molecule has 98 valence electrons. The van der Waals surface area contributed by atoms with Crippen molar-refractivity contribution in [3.63, 3.8) is 0 Å². The molecule has 18 heavy (non-hydrogen) atoms. The second kappa shape index (κ2) is 5.67. The third kappa shape index (κ3) is 3.21. The third-order valence-electron chi connectivity index (χ3n) is 3.07.